The molecule has 1 fully saturated rings. The van der Waals surface area contributed by atoms with Crippen molar-refractivity contribution in [1.82, 2.24) is 9.88 Å². The molecule has 2 heterocycles. The largest absolute Gasteiger partial charge is 0.419 e. The van der Waals surface area contributed by atoms with Gasteiger partial charge in [-0.3, -0.25) is 4.90 Å². The van der Waals surface area contributed by atoms with Crippen LogP contribution in [0.25, 0.3) is 11.5 Å². The number of anilines is 1. The van der Waals surface area contributed by atoms with E-state index in [9.17, 15) is 5.26 Å². The number of nitrogens with zero attached hydrogens (tertiary/aromatic N) is 3. The number of oxazole rings is 1. The van der Waals surface area contributed by atoms with E-state index in [0.717, 1.165) is 26.3 Å². The predicted octanol–water partition coefficient (Wildman–Crippen LogP) is 3.65. The minimum Gasteiger partial charge on any atom is -0.419 e. The summed E-state index contributed by atoms with van der Waals surface area (Å²) in [6.45, 7) is 6.05. The highest BCUT2D eigenvalue weighted by Crippen LogP contribution is 2.32. The van der Waals surface area contributed by atoms with Crippen LogP contribution < -0.4 is 5.32 Å². The minimum absolute atomic E-state index is 0.204. The van der Waals surface area contributed by atoms with Crippen LogP contribution in [0.4, 0.5) is 5.88 Å². The standard InChI is InChI=1S/C17H18Cl2N4O2/c1-11(23-4-6-24-7-5-23)10-21-17-15(9-20)22-16(25-17)13-3-2-12(18)8-14(13)19/h2-3,8,11,21H,4-7,10H2,1H3. The highest BCUT2D eigenvalue weighted by atomic mass is 35.5. The number of hydrogen-bond acceptors (Lipinski definition) is 6. The van der Waals surface area contributed by atoms with Crippen LogP contribution in [0.3, 0.4) is 0 Å². The summed E-state index contributed by atoms with van der Waals surface area (Å²) in [5.41, 5.74) is 0.798. The maximum Gasteiger partial charge on any atom is 0.232 e. The summed E-state index contributed by atoms with van der Waals surface area (Å²) in [5, 5.41) is 13.4. The fourth-order valence-corrected chi connectivity index (χ4v) is 3.17. The number of benzene rings is 1. The highest BCUT2D eigenvalue weighted by molar-refractivity contribution is 6.36. The molecule has 1 N–H and O–H groups in total. The molecule has 1 aromatic heterocycles. The second kappa shape index (κ2) is 8.07. The van der Waals surface area contributed by atoms with E-state index in [4.69, 9.17) is 32.4 Å². The van der Waals surface area contributed by atoms with Crippen molar-refractivity contribution in [1.29, 1.82) is 5.26 Å². The lowest BCUT2D eigenvalue weighted by Crippen LogP contribution is -2.45. The molecule has 1 unspecified atom stereocenters. The third kappa shape index (κ3) is 4.25. The minimum atomic E-state index is 0.204. The Morgan fingerprint density at radius 1 is 1.36 bits per heavy atom. The van der Waals surface area contributed by atoms with Crippen LogP contribution in [0, 0.1) is 11.3 Å². The van der Waals surface area contributed by atoms with Gasteiger partial charge in [0.2, 0.25) is 17.5 Å². The van der Waals surface area contributed by atoms with Gasteiger partial charge in [0.15, 0.2) is 0 Å². The molecule has 3 rings (SSSR count). The van der Waals surface area contributed by atoms with E-state index in [0.29, 0.717) is 33.9 Å². The Bertz CT molecular complexity index is 781. The number of nitrogens with one attached hydrogen (secondary N) is 1. The van der Waals surface area contributed by atoms with Crippen LogP contribution in [0.1, 0.15) is 12.6 Å². The van der Waals surface area contributed by atoms with Crippen molar-refractivity contribution >= 4 is 29.1 Å². The maximum absolute atomic E-state index is 9.31. The molecule has 25 heavy (non-hydrogen) atoms. The Hall–Kier alpha value is -1.78. The molecule has 6 nitrogen and oxygen atoms in total. The van der Waals surface area contributed by atoms with Gasteiger partial charge in [0.1, 0.15) is 6.07 Å². The Balaban J connectivity index is 1.73. The van der Waals surface area contributed by atoms with Gasteiger partial charge in [-0.1, -0.05) is 23.2 Å². The van der Waals surface area contributed by atoms with Crippen molar-refractivity contribution in [3.63, 3.8) is 0 Å². The molecule has 0 aliphatic carbocycles. The van der Waals surface area contributed by atoms with Gasteiger partial charge in [-0.15, -0.1) is 0 Å². The Morgan fingerprint density at radius 3 is 2.80 bits per heavy atom. The van der Waals surface area contributed by atoms with Crippen LogP contribution in [0.2, 0.25) is 10.0 Å². The molecule has 0 bridgehead atoms. The zero-order valence-electron chi connectivity index (χ0n) is 13.8. The lowest BCUT2D eigenvalue weighted by atomic mass is 10.2. The molecule has 1 aliphatic rings. The predicted molar refractivity (Wildman–Crippen MR) is 97.0 cm³/mol. The molecule has 8 heteroatoms. The van der Waals surface area contributed by atoms with Gasteiger partial charge in [0, 0.05) is 30.7 Å². The van der Waals surface area contributed by atoms with Crippen LogP contribution in [0.15, 0.2) is 22.6 Å². The number of aromatic nitrogens is 1. The Morgan fingerprint density at radius 2 is 2.12 bits per heavy atom. The quantitative estimate of drug-likeness (QED) is 0.852. The van der Waals surface area contributed by atoms with E-state index in [1.165, 1.54) is 0 Å². The first kappa shape index (κ1) is 18.0. The van der Waals surface area contributed by atoms with E-state index in [2.05, 4.69) is 22.1 Å². The molecule has 0 amide bonds. The first-order chi connectivity index (χ1) is 12.1. The molecule has 0 saturated carbocycles. The summed E-state index contributed by atoms with van der Waals surface area (Å²) < 4.78 is 11.1. The second-order valence-electron chi connectivity index (χ2n) is 5.81. The summed E-state index contributed by atoms with van der Waals surface area (Å²) >= 11 is 12.1. The second-order valence-corrected chi connectivity index (χ2v) is 6.65. The lowest BCUT2D eigenvalue weighted by Gasteiger charge is -2.32. The van der Waals surface area contributed by atoms with Crippen LogP contribution in [-0.2, 0) is 4.74 Å². The Labute approximate surface area is 156 Å². The van der Waals surface area contributed by atoms with Crippen LogP contribution in [0.5, 0.6) is 0 Å². The van der Waals surface area contributed by atoms with Crippen molar-refractivity contribution in [2.75, 3.05) is 38.2 Å². The fraction of sp³-hybridized carbons (Fsp3) is 0.412. The third-order valence-electron chi connectivity index (χ3n) is 4.12. The summed E-state index contributed by atoms with van der Waals surface area (Å²) in [4.78, 5) is 6.56. The first-order valence-electron chi connectivity index (χ1n) is 8.00. The van der Waals surface area contributed by atoms with Crippen LogP contribution >= 0.6 is 23.2 Å². The number of nitriles is 1. The lowest BCUT2D eigenvalue weighted by molar-refractivity contribution is 0.0226. The molecule has 0 spiro atoms. The van der Waals surface area contributed by atoms with E-state index in [-0.39, 0.29) is 11.7 Å². The molecule has 132 valence electrons. The molecule has 1 atom stereocenters. The van der Waals surface area contributed by atoms with Crippen LogP contribution in [-0.4, -0.2) is 48.8 Å². The molecule has 1 aromatic carbocycles. The maximum atomic E-state index is 9.31. The summed E-state index contributed by atoms with van der Waals surface area (Å²) in [6.07, 6.45) is 0. The van der Waals surface area contributed by atoms with Gasteiger partial charge in [-0.05, 0) is 25.1 Å². The number of hydrogen-bond donors (Lipinski definition) is 1. The summed E-state index contributed by atoms with van der Waals surface area (Å²) in [7, 11) is 0. The smallest absolute Gasteiger partial charge is 0.232 e. The van der Waals surface area contributed by atoms with Crippen molar-refractivity contribution < 1.29 is 9.15 Å². The fourth-order valence-electron chi connectivity index (χ4n) is 2.68. The van der Waals surface area contributed by atoms with Gasteiger partial charge in [0.05, 0.1) is 23.8 Å². The van der Waals surface area contributed by atoms with Crippen molar-refractivity contribution in [2.24, 2.45) is 0 Å². The molecular weight excluding hydrogens is 363 g/mol. The van der Waals surface area contributed by atoms with E-state index in [1.807, 2.05) is 6.07 Å². The summed E-state index contributed by atoms with van der Waals surface area (Å²) in [5.74, 6) is 0.642. The number of ether oxygens (including phenoxy) is 1. The number of morpholine rings is 1. The number of halogens is 2. The molecule has 1 aliphatic heterocycles. The van der Waals surface area contributed by atoms with Gasteiger partial charge in [-0.2, -0.15) is 10.2 Å². The average Bonchev–Trinajstić information content (AvgIpc) is 3.03. The van der Waals surface area contributed by atoms with Gasteiger partial charge in [-0.25, -0.2) is 0 Å². The first-order valence-corrected chi connectivity index (χ1v) is 8.76. The van der Waals surface area contributed by atoms with Crippen molar-refractivity contribution in [3.8, 4) is 17.5 Å². The van der Waals surface area contributed by atoms with Crippen molar-refractivity contribution in [3.05, 3.63) is 33.9 Å². The monoisotopic (exact) mass is 380 g/mol. The van der Waals surface area contributed by atoms with E-state index < -0.39 is 0 Å². The molecule has 2 aromatic rings. The average molecular weight is 381 g/mol. The Kier molecular flexibility index (Phi) is 5.82. The zero-order chi connectivity index (χ0) is 17.8. The van der Waals surface area contributed by atoms with Gasteiger partial charge >= 0.3 is 0 Å². The SMILES string of the molecule is CC(CNc1oc(-c2ccc(Cl)cc2Cl)nc1C#N)N1CCOCC1. The summed E-state index contributed by atoms with van der Waals surface area (Å²) in [6, 6.07) is 7.36. The molecule has 1 saturated heterocycles. The normalized spacial score (nSPS) is 16.4. The highest BCUT2D eigenvalue weighted by Gasteiger charge is 2.20. The number of rotatable bonds is 5. The third-order valence-corrected chi connectivity index (χ3v) is 4.67. The molecular formula is C17H18Cl2N4O2. The van der Waals surface area contributed by atoms with E-state index in [1.54, 1.807) is 18.2 Å². The van der Waals surface area contributed by atoms with E-state index >= 15 is 0 Å². The van der Waals surface area contributed by atoms with Gasteiger partial charge < -0.3 is 14.5 Å². The topological polar surface area (TPSA) is 74.3 Å². The van der Waals surface area contributed by atoms with Crippen molar-refractivity contribution in [2.45, 2.75) is 13.0 Å². The van der Waals surface area contributed by atoms with Gasteiger partial charge in [0.25, 0.3) is 0 Å². The zero-order valence-corrected chi connectivity index (χ0v) is 15.3. The molecule has 0 radical (unpaired) electrons.